The summed E-state index contributed by atoms with van der Waals surface area (Å²) in [6.07, 6.45) is 0.267. The molecule has 0 bridgehead atoms. The van der Waals surface area contributed by atoms with Gasteiger partial charge in [0.1, 0.15) is 0 Å². The quantitative estimate of drug-likeness (QED) is 0.788. The zero-order chi connectivity index (χ0) is 13.0. The van der Waals surface area contributed by atoms with Crippen molar-refractivity contribution in [2.75, 3.05) is 20.3 Å². The van der Waals surface area contributed by atoms with Gasteiger partial charge in [0.15, 0.2) is 0 Å². The topological polar surface area (TPSA) is 58.6 Å². The molecule has 2 N–H and O–H groups in total. The maximum Gasteiger partial charge on any atom is 0.223 e. The van der Waals surface area contributed by atoms with E-state index in [9.17, 15) is 9.90 Å². The monoisotopic (exact) mass is 249 g/mol. The third-order valence-corrected chi connectivity index (χ3v) is 3.23. The van der Waals surface area contributed by atoms with Crippen molar-refractivity contribution in [2.45, 2.75) is 18.4 Å². The van der Waals surface area contributed by atoms with Gasteiger partial charge in [-0.3, -0.25) is 4.79 Å². The largest absolute Gasteiger partial charge is 0.389 e. The minimum absolute atomic E-state index is 0.0269. The molecule has 2 rings (SSSR count). The molecule has 3 atom stereocenters. The Labute approximate surface area is 107 Å². The lowest BCUT2D eigenvalue weighted by molar-refractivity contribution is -0.123. The van der Waals surface area contributed by atoms with Crippen LogP contribution < -0.4 is 5.32 Å². The molecular weight excluding hydrogens is 230 g/mol. The Bertz CT molecular complexity index is 393. The third-order valence-electron chi connectivity index (χ3n) is 3.23. The number of rotatable bonds is 6. The van der Waals surface area contributed by atoms with E-state index < -0.39 is 6.10 Å². The third kappa shape index (κ3) is 3.31. The molecule has 1 amide bonds. The van der Waals surface area contributed by atoms with Crippen LogP contribution >= 0.6 is 0 Å². The summed E-state index contributed by atoms with van der Waals surface area (Å²) in [6.45, 7) is 0.498. The zero-order valence-electron chi connectivity index (χ0n) is 10.5. The number of ether oxygens (including phenoxy) is 1. The Hall–Kier alpha value is -1.39. The fourth-order valence-electron chi connectivity index (χ4n) is 2.15. The highest BCUT2D eigenvalue weighted by Gasteiger charge is 2.43. The van der Waals surface area contributed by atoms with Gasteiger partial charge in [-0.2, -0.15) is 0 Å². The SMILES string of the molecule is COCC(O)CNC(=O)C1CC1c1ccccc1. The standard InChI is InChI=1S/C14H19NO3/c1-18-9-11(16)8-15-14(17)13-7-12(13)10-5-3-2-4-6-10/h2-6,11-13,16H,7-9H2,1H3,(H,15,17). The van der Waals surface area contributed by atoms with Crippen LogP contribution in [0.25, 0.3) is 0 Å². The Balaban J connectivity index is 1.76. The van der Waals surface area contributed by atoms with E-state index in [0.29, 0.717) is 5.92 Å². The molecule has 0 radical (unpaired) electrons. The van der Waals surface area contributed by atoms with Gasteiger partial charge >= 0.3 is 0 Å². The van der Waals surface area contributed by atoms with E-state index in [0.717, 1.165) is 6.42 Å². The van der Waals surface area contributed by atoms with Gasteiger partial charge in [-0.15, -0.1) is 0 Å². The van der Waals surface area contributed by atoms with Gasteiger partial charge in [0.25, 0.3) is 0 Å². The predicted molar refractivity (Wildman–Crippen MR) is 68.2 cm³/mol. The minimum Gasteiger partial charge on any atom is -0.389 e. The first-order valence-corrected chi connectivity index (χ1v) is 6.22. The van der Waals surface area contributed by atoms with E-state index >= 15 is 0 Å². The van der Waals surface area contributed by atoms with E-state index in [-0.39, 0.29) is 25.0 Å². The average molecular weight is 249 g/mol. The molecule has 4 heteroatoms. The molecule has 0 heterocycles. The van der Waals surface area contributed by atoms with Crippen LogP contribution in [0.4, 0.5) is 0 Å². The lowest BCUT2D eigenvalue weighted by Crippen LogP contribution is -2.35. The van der Waals surface area contributed by atoms with Gasteiger partial charge in [-0.1, -0.05) is 30.3 Å². The molecule has 18 heavy (non-hydrogen) atoms. The summed E-state index contributed by atoms with van der Waals surface area (Å²) in [5.74, 6) is 0.423. The van der Waals surface area contributed by atoms with Crippen LogP contribution in [0.1, 0.15) is 17.9 Å². The van der Waals surface area contributed by atoms with Crippen LogP contribution in [-0.2, 0) is 9.53 Å². The number of carbonyl (C=O) groups excluding carboxylic acids is 1. The van der Waals surface area contributed by atoms with Crippen molar-refractivity contribution in [1.29, 1.82) is 0 Å². The van der Waals surface area contributed by atoms with Crippen molar-refractivity contribution in [1.82, 2.24) is 5.32 Å². The predicted octanol–water partition coefficient (Wildman–Crippen LogP) is 0.914. The smallest absolute Gasteiger partial charge is 0.223 e. The molecule has 1 aromatic carbocycles. The van der Waals surface area contributed by atoms with Gasteiger partial charge < -0.3 is 15.2 Å². The lowest BCUT2D eigenvalue weighted by Gasteiger charge is -2.10. The van der Waals surface area contributed by atoms with Crippen molar-refractivity contribution < 1.29 is 14.6 Å². The van der Waals surface area contributed by atoms with Crippen LogP contribution in [0.3, 0.4) is 0 Å². The second-order valence-electron chi connectivity index (χ2n) is 4.71. The van der Waals surface area contributed by atoms with Crippen molar-refractivity contribution >= 4 is 5.91 Å². The summed E-state index contributed by atoms with van der Waals surface area (Å²) < 4.78 is 4.80. The van der Waals surface area contributed by atoms with Crippen molar-refractivity contribution in [2.24, 2.45) is 5.92 Å². The van der Waals surface area contributed by atoms with Crippen LogP contribution in [0.5, 0.6) is 0 Å². The van der Waals surface area contributed by atoms with Gasteiger partial charge in [-0.05, 0) is 17.9 Å². The van der Waals surface area contributed by atoms with E-state index in [2.05, 4.69) is 17.4 Å². The first-order valence-electron chi connectivity index (χ1n) is 6.22. The molecule has 1 aliphatic rings. The number of aliphatic hydroxyl groups excluding tert-OH is 1. The van der Waals surface area contributed by atoms with E-state index in [4.69, 9.17) is 4.74 Å². The normalized spacial score (nSPS) is 23.4. The number of benzene rings is 1. The van der Waals surface area contributed by atoms with Crippen LogP contribution in [0.15, 0.2) is 30.3 Å². The summed E-state index contributed by atoms with van der Waals surface area (Å²) in [7, 11) is 1.53. The number of aliphatic hydroxyl groups is 1. The summed E-state index contributed by atoms with van der Waals surface area (Å²) in [5, 5.41) is 12.2. The van der Waals surface area contributed by atoms with Crippen LogP contribution in [0.2, 0.25) is 0 Å². The molecule has 1 aromatic rings. The fraction of sp³-hybridized carbons (Fsp3) is 0.500. The number of methoxy groups -OCH3 is 1. The molecule has 98 valence electrons. The van der Waals surface area contributed by atoms with E-state index in [1.807, 2.05) is 18.2 Å². The van der Waals surface area contributed by atoms with Gasteiger partial charge in [0, 0.05) is 19.6 Å². The van der Waals surface area contributed by atoms with Gasteiger partial charge in [0.2, 0.25) is 5.91 Å². The second kappa shape index (κ2) is 5.98. The highest BCUT2D eigenvalue weighted by molar-refractivity contribution is 5.82. The molecular formula is C14H19NO3. The average Bonchev–Trinajstić information content (AvgIpc) is 3.18. The van der Waals surface area contributed by atoms with Crippen molar-refractivity contribution in [3.05, 3.63) is 35.9 Å². The Kier molecular flexibility index (Phi) is 4.33. The highest BCUT2D eigenvalue weighted by Crippen LogP contribution is 2.47. The molecule has 1 saturated carbocycles. The van der Waals surface area contributed by atoms with E-state index in [1.54, 1.807) is 0 Å². The highest BCUT2D eigenvalue weighted by atomic mass is 16.5. The molecule has 0 saturated heterocycles. The Morgan fingerprint density at radius 2 is 2.22 bits per heavy atom. The minimum atomic E-state index is -0.632. The number of hydrogen-bond donors (Lipinski definition) is 2. The number of amides is 1. The first-order chi connectivity index (χ1) is 8.72. The zero-order valence-corrected chi connectivity index (χ0v) is 10.5. The van der Waals surface area contributed by atoms with Crippen LogP contribution in [-0.4, -0.2) is 37.4 Å². The summed E-state index contributed by atoms with van der Waals surface area (Å²) in [6, 6.07) is 10.1. The number of carbonyl (C=O) groups is 1. The Morgan fingerprint density at radius 1 is 1.50 bits per heavy atom. The lowest BCUT2D eigenvalue weighted by atomic mass is 10.1. The maximum absolute atomic E-state index is 11.8. The van der Waals surface area contributed by atoms with Crippen molar-refractivity contribution in [3.63, 3.8) is 0 Å². The van der Waals surface area contributed by atoms with E-state index in [1.165, 1.54) is 12.7 Å². The molecule has 0 aromatic heterocycles. The number of nitrogens with one attached hydrogen (secondary N) is 1. The molecule has 0 aliphatic heterocycles. The summed E-state index contributed by atoms with van der Waals surface area (Å²) in [5.41, 5.74) is 1.22. The fourth-order valence-corrected chi connectivity index (χ4v) is 2.15. The molecule has 3 unspecified atom stereocenters. The molecule has 0 spiro atoms. The summed E-state index contributed by atoms with van der Waals surface area (Å²) in [4.78, 5) is 11.8. The Morgan fingerprint density at radius 3 is 2.89 bits per heavy atom. The van der Waals surface area contributed by atoms with Gasteiger partial charge in [-0.25, -0.2) is 0 Å². The number of hydrogen-bond acceptors (Lipinski definition) is 3. The summed E-state index contributed by atoms with van der Waals surface area (Å²) >= 11 is 0. The molecule has 4 nitrogen and oxygen atoms in total. The maximum atomic E-state index is 11.8. The van der Waals surface area contributed by atoms with Crippen molar-refractivity contribution in [3.8, 4) is 0 Å². The molecule has 1 aliphatic carbocycles. The van der Waals surface area contributed by atoms with Crippen LogP contribution in [0, 0.1) is 5.92 Å². The first kappa shape index (κ1) is 13.1. The van der Waals surface area contributed by atoms with Gasteiger partial charge in [0.05, 0.1) is 12.7 Å². The second-order valence-corrected chi connectivity index (χ2v) is 4.71. The molecule has 1 fully saturated rings.